The number of carbonyl (C=O) groups excluding carboxylic acids is 1. The largest absolute Gasteiger partial charge is 0.392 e. The summed E-state index contributed by atoms with van der Waals surface area (Å²) < 4.78 is 0. The summed E-state index contributed by atoms with van der Waals surface area (Å²) in [6.45, 7) is 5.33. The lowest BCUT2D eigenvalue weighted by molar-refractivity contribution is 0.208. The van der Waals surface area contributed by atoms with Crippen LogP contribution in [0.2, 0.25) is 0 Å². The van der Waals surface area contributed by atoms with Gasteiger partial charge in [0.1, 0.15) is 0 Å². The highest BCUT2D eigenvalue weighted by molar-refractivity contribution is 7.80. The molecular formula is C7H15N3OS. The van der Waals surface area contributed by atoms with Crippen molar-refractivity contribution in [3.63, 3.8) is 0 Å². The summed E-state index contributed by atoms with van der Waals surface area (Å²) in [7, 11) is 0. The highest BCUT2D eigenvalue weighted by Gasteiger charge is 2.09. The lowest BCUT2D eigenvalue weighted by Crippen LogP contribution is -2.43. The van der Waals surface area contributed by atoms with Crippen LogP contribution in [0.25, 0.3) is 0 Å². The molecule has 0 aromatic carbocycles. The fourth-order valence-electron chi connectivity index (χ4n) is 0.778. The van der Waals surface area contributed by atoms with E-state index in [2.05, 4.69) is 5.32 Å². The number of thiocarbonyl (C=S) groups is 1. The van der Waals surface area contributed by atoms with Gasteiger partial charge < -0.3 is 16.0 Å². The van der Waals surface area contributed by atoms with Gasteiger partial charge in [-0.3, -0.25) is 0 Å². The Morgan fingerprint density at radius 3 is 2.50 bits per heavy atom. The van der Waals surface area contributed by atoms with E-state index >= 15 is 0 Å². The van der Waals surface area contributed by atoms with E-state index in [9.17, 15) is 4.79 Å². The third-order valence-corrected chi connectivity index (χ3v) is 1.47. The van der Waals surface area contributed by atoms with Crippen LogP contribution >= 0.6 is 12.2 Å². The van der Waals surface area contributed by atoms with E-state index in [-0.39, 0.29) is 6.03 Å². The predicted molar refractivity (Wildman–Crippen MR) is 53.1 cm³/mol. The summed E-state index contributed by atoms with van der Waals surface area (Å²) in [6.07, 6.45) is 0. The van der Waals surface area contributed by atoms with Crippen LogP contribution in [-0.4, -0.2) is 35.6 Å². The first-order chi connectivity index (χ1) is 5.61. The molecule has 2 amide bonds. The molecule has 5 heteroatoms. The van der Waals surface area contributed by atoms with Gasteiger partial charge in [-0.15, -0.1) is 0 Å². The highest BCUT2D eigenvalue weighted by Crippen LogP contribution is 1.88. The van der Waals surface area contributed by atoms with E-state index in [1.54, 1.807) is 4.90 Å². The van der Waals surface area contributed by atoms with Crippen molar-refractivity contribution in [2.24, 2.45) is 5.73 Å². The maximum Gasteiger partial charge on any atom is 0.317 e. The van der Waals surface area contributed by atoms with Crippen LogP contribution in [0.1, 0.15) is 13.8 Å². The average molecular weight is 189 g/mol. The van der Waals surface area contributed by atoms with Gasteiger partial charge >= 0.3 is 6.03 Å². The molecule has 0 saturated carbocycles. The van der Waals surface area contributed by atoms with E-state index in [1.165, 1.54) is 0 Å². The van der Waals surface area contributed by atoms with Gasteiger partial charge in [-0.2, -0.15) is 0 Å². The number of nitrogens with zero attached hydrogens (tertiary/aromatic N) is 1. The molecule has 3 N–H and O–H groups in total. The van der Waals surface area contributed by atoms with Gasteiger partial charge in [0.2, 0.25) is 0 Å². The highest BCUT2D eigenvalue weighted by atomic mass is 32.1. The zero-order valence-electron chi connectivity index (χ0n) is 7.46. The summed E-state index contributed by atoms with van der Waals surface area (Å²) >= 11 is 4.70. The number of hydrogen-bond acceptors (Lipinski definition) is 2. The van der Waals surface area contributed by atoms with Gasteiger partial charge in [0, 0.05) is 13.1 Å². The van der Waals surface area contributed by atoms with E-state index < -0.39 is 0 Å². The minimum atomic E-state index is -0.118. The number of likely N-dealkylation sites (N-methyl/N-ethyl adjacent to an activating group) is 1. The number of nitrogens with one attached hydrogen (secondary N) is 1. The summed E-state index contributed by atoms with van der Waals surface area (Å²) in [5.41, 5.74) is 5.31. The maximum atomic E-state index is 11.2. The third-order valence-electron chi connectivity index (χ3n) is 1.34. The minimum absolute atomic E-state index is 0.118. The molecule has 0 aromatic heterocycles. The second-order valence-electron chi connectivity index (χ2n) is 2.32. The smallest absolute Gasteiger partial charge is 0.317 e. The van der Waals surface area contributed by atoms with Crippen LogP contribution in [0, 0.1) is 0 Å². The lowest BCUT2D eigenvalue weighted by atomic mass is 10.5. The van der Waals surface area contributed by atoms with Crippen LogP contribution in [0.4, 0.5) is 4.79 Å². The molecular weight excluding hydrogens is 174 g/mol. The van der Waals surface area contributed by atoms with Gasteiger partial charge in [-0.25, -0.2) is 4.79 Å². The fraction of sp³-hybridized carbons (Fsp3) is 0.714. The van der Waals surface area contributed by atoms with E-state index in [4.69, 9.17) is 18.0 Å². The molecule has 0 spiro atoms. The molecule has 0 fully saturated rings. The molecule has 0 heterocycles. The second kappa shape index (κ2) is 5.77. The van der Waals surface area contributed by atoms with Crippen molar-refractivity contribution in [2.45, 2.75) is 13.8 Å². The molecule has 0 aliphatic carbocycles. The maximum absolute atomic E-state index is 11.2. The van der Waals surface area contributed by atoms with Gasteiger partial charge in [-0.1, -0.05) is 12.2 Å². The second-order valence-corrected chi connectivity index (χ2v) is 2.84. The standard InChI is InChI=1S/C7H15N3OS/c1-3-9-7(11)10(4-2)5-6(8)12/h3-5H2,1-2H3,(H2,8,12)(H,9,11). The Labute approximate surface area is 78.1 Å². The topological polar surface area (TPSA) is 58.4 Å². The quantitative estimate of drug-likeness (QED) is 0.626. The first kappa shape index (κ1) is 11.2. The first-order valence-corrected chi connectivity index (χ1v) is 4.33. The van der Waals surface area contributed by atoms with Gasteiger partial charge in [0.25, 0.3) is 0 Å². The number of amides is 2. The van der Waals surface area contributed by atoms with Gasteiger partial charge in [0.05, 0.1) is 11.5 Å². The number of carbonyl (C=O) groups is 1. The number of nitrogens with two attached hydrogens (primary N) is 1. The number of urea groups is 1. The lowest BCUT2D eigenvalue weighted by Gasteiger charge is -2.19. The molecule has 0 aliphatic rings. The molecule has 12 heavy (non-hydrogen) atoms. The molecule has 0 rings (SSSR count). The molecule has 0 unspecified atom stereocenters. The Kier molecular flexibility index (Phi) is 5.36. The van der Waals surface area contributed by atoms with Crippen LogP contribution in [0.15, 0.2) is 0 Å². The molecule has 70 valence electrons. The van der Waals surface area contributed by atoms with Crippen LogP contribution in [0.3, 0.4) is 0 Å². The molecule has 0 atom stereocenters. The van der Waals surface area contributed by atoms with E-state index in [0.29, 0.717) is 24.6 Å². The summed E-state index contributed by atoms with van der Waals surface area (Å²) in [6, 6.07) is -0.118. The first-order valence-electron chi connectivity index (χ1n) is 3.92. The Balaban J connectivity index is 3.96. The van der Waals surface area contributed by atoms with Gasteiger partial charge in [0.15, 0.2) is 0 Å². The molecule has 4 nitrogen and oxygen atoms in total. The van der Waals surface area contributed by atoms with Crippen LogP contribution in [-0.2, 0) is 0 Å². The molecule has 0 radical (unpaired) electrons. The summed E-state index contributed by atoms with van der Waals surface area (Å²) in [5, 5.41) is 2.67. The minimum Gasteiger partial charge on any atom is -0.392 e. The van der Waals surface area contributed by atoms with E-state index in [0.717, 1.165) is 0 Å². The molecule has 0 saturated heterocycles. The van der Waals surface area contributed by atoms with Crippen molar-refractivity contribution in [3.8, 4) is 0 Å². The zero-order valence-corrected chi connectivity index (χ0v) is 8.28. The normalized spacial score (nSPS) is 9.17. The Morgan fingerprint density at radius 2 is 2.17 bits per heavy atom. The number of rotatable bonds is 4. The molecule has 0 aliphatic heterocycles. The van der Waals surface area contributed by atoms with Crippen molar-refractivity contribution in [3.05, 3.63) is 0 Å². The summed E-state index contributed by atoms with van der Waals surface area (Å²) in [5.74, 6) is 0. The van der Waals surface area contributed by atoms with Crippen molar-refractivity contribution in [2.75, 3.05) is 19.6 Å². The van der Waals surface area contributed by atoms with Crippen molar-refractivity contribution >= 4 is 23.2 Å². The van der Waals surface area contributed by atoms with Gasteiger partial charge in [-0.05, 0) is 13.8 Å². The Hall–Kier alpha value is -0.840. The van der Waals surface area contributed by atoms with Crippen LogP contribution in [0.5, 0.6) is 0 Å². The fourth-order valence-corrected chi connectivity index (χ4v) is 0.934. The average Bonchev–Trinajstić information content (AvgIpc) is 2.00. The van der Waals surface area contributed by atoms with Crippen molar-refractivity contribution in [1.29, 1.82) is 0 Å². The monoisotopic (exact) mass is 189 g/mol. The Morgan fingerprint density at radius 1 is 1.58 bits per heavy atom. The van der Waals surface area contributed by atoms with E-state index in [1.807, 2.05) is 13.8 Å². The number of hydrogen-bond donors (Lipinski definition) is 2. The molecule has 0 bridgehead atoms. The van der Waals surface area contributed by atoms with Crippen LogP contribution < -0.4 is 11.1 Å². The van der Waals surface area contributed by atoms with Crippen molar-refractivity contribution < 1.29 is 4.79 Å². The Bertz CT molecular complexity index is 172. The van der Waals surface area contributed by atoms with Crippen molar-refractivity contribution in [1.82, 2.24) is 10.2 Å². The molecule has 0 aromatic rings. The zero-order chi connectivity index (χ0) is 9.56. The predicted octanol–water partition coefficient (Wildman–Crippen LogP) is 0.324. The SMILES string of the molecule is CCNC(=O)N(CC)CC(N)=S. The third kappa shape index (κ3) is 4.12. The summed E-state index contributed by atoms with van der Waals surface area (Å²) in [4.78, 5) is 13.1.